The summed E-state index contributed by atoms with van der Waals surface area (Å²) in [6, 6.07) is 9.55. The minimum atomic E-state index is -0.171. The number of urea groups is 1. The number of anilines is 1. The lowest BCUT2D eigenvalue weighted by molar-refractivity contribution is 0.252. The van der Waals surface area contributed by atoms with Gasteiger partial charge < -0.3 is 10.6 Å². The van der Waals surface area contributed by atoms with Gasteiger partial charge in [0.1, 0.15) is 0 Å². The van der Waals surface area contributed by atoms with Crippen LogP contribution in [-0.2, 0) is 0 Å². The number of aromatic nitrogens is 2. The lowest BCUT2D eigenvalue weighted by Crippen LogP contribution is -2.30. The number of nitrogens with zero attached hydrogens (tertiary/aromatic N) is 2. The molecular weight excluding hydrogens is 288 g/mol. The molecule has 1 aromatic carbocycles. The highest BCUT2D eigenvalue weighted by Gasteiger charge is 2.10. The second-order valence-electron chi connectivity index (χ2n) is 5.80. The Morgan fingerprint density at radius 3 is 2.65 bits per heavy atom. The highest BCUT2D eigenvalue weighted by atomic mass is 16.2. The molecule has 2 N–H and O–H groups in total. The van der Waals surface area contributed by atoms with E-state index in [1.165, 1.54) is 12.8 Å². The molecule has 0 saturated heterocycles. The van der Waals surface area contributed by atoms with E-state index in [0.29, 0.717) is 6.54 Å². The van der Waals surface area contributed by atoms with Gasteiger partial charge in [0.2, 0.25) is 0 Å². The predicted octanol–water partition coefficient (Wildman–Crippen LogP) is 4.19. The fraction of sp³-hybridized carbons (Fsp3) is 0.444. The van der Waals surface area contributed by atoms with Gasteiger partial charge in [-0.2, -0.15) is 5.10 Å². The first kappa shape index (κ1) is 17.1. The molecule has 23 heavy (non-hydrogen) atoms. The molecule has 2 rings (SSSR count). The van der Waals surface area contributed by atoms with E-state index in [0.717, 1.165) is 35.6 Å². The topological polar surface area (TPSA) is 59.0 Å². The van der Waals surface area contributed by atoms with E-state index in [2.05, 4.69) is 22.7 Å². The van der Waals surface area contributed by atoms with Gasteiger partial charge in [-0.25, -0.2) is 9.48 Å². The Morgan fingerprint density at radius 1 is 1.17 bits per heavy atom. The van der Waals surface area contributed by atoms with Crippen LogP contribution < -0.4 is 10.6 Å². The number of para-hydroxylation sites is 2. The maximum Gasteiger partial charge on any atom is 0.319 e. The van der Waals surface area contributed by atoms with E-state index in [-0.39, 0.29) is 6.03 Å². The van der Waals surface area contributed by atoms with Crippen LogP contribution in [0.2, 0.25) is 0 Å². The van der Waals surface area contributed by atoms with Gasteiger partial charge in [0.15, 0.2) is 0 Å². The van der Waals surface area contributed by atoms with E-state index in [1.807, 2.05) is 48.9 Å². The van der Waals surface area contributed by atoms with Crippen LogP contribution in [-0.4, -0.2) is 22.4 Å². The molecule has 0 aliphatic carbocycles. The number of carbonyl (C=O) groups excluding carboxylic acids is 1. The molecule has 0 atom stereocenters. The molecule has 0 aliphatic rings. The summed E-state index contributed by atoms with van der Waals surface area (Å²) in [5.41, 5.74) is 3.62. The zero-order chi connectivity index (χ0) is 16.7. The largest absolute Gasteiger partial charge is 0.338 e. The molecule has 5 heteroatoms. The van der Waals surface area contributed by atoms with Gasteiger partial charge in [0, 0.05) is 12.2 Å². The minimum Gasteiger partial charge on any atom is -0.338 e. The molecule has 1 heterocycles. The summed E-state index contributed by atoms with van der Waals surface area (Å²) < 4.78 is 1.85. The zero-order valence-corrected chi connectivity index (χ0v) is 14.2. The number of unbranched alkanes of at least 4 members (excludes halogenated alkanes) is 3. The quantitative estimate of drug-likeness (QED) is 0.753. The molecule has 0 spiro atoms. The van der Waals surface area contributed by atoms with Gasteiger partial charge >= 0.3 is 6.03 Å². The van der Waals surface area contributed by atoms with E-state index in [1.54, 1.807) is 0 Å². The third-order valence-corrected chi connectivity index (χ3v) is 3.71. The normalized spacial score (nSPS) is 10.6. The molecule has 0 bridgehead atoms. The molecule has 0 saturated carbocycles. The molecular formula is C18H26N4O. The second kappa shape index (κ2) is 8.36. The number of rotatable bonds is 7. The highest BCUT2D eigenvalue weighted by molar-refractivity contribution is 5.91. The van der Waals surface area contributed by atoms with E-state index in [9.17, 15) is 4.79 Å². The minimum absolute atomic E-state index is 0.171. The zero-order valence-electron chi connectivity index (χ0n) is 14.2. The van der Waals surface area contributed by atoms with Crippen molar-refractivity contribution in [2.45, 2.75) is 46.5 Å². The van der Waals surface area contributed by atoms with Crippen molar-refractivity contribution in [1.82, 2.24) is 15.1 Å². The number of nitrogens with one attached hydrogen (secondary N) is 2. The van der Waals surface area contributed by atoms with Crippen molar-refractivity contribution < 1.29 is 4.79 Å². The molecule has 0 aliphatic heterocycles. The van der Waals surface area contributed by atoms with Crippen LogP contribution in [0.3, 0.4) is 0 Å². The van der Waals surface area contributed by atoms with Gasteiger partial charge in [-0.15, -0.1) is 0 Å². The molecule has 0 radical (unpaired) electrons. The van der Waals surface area contributed by atoms with Crippen LogP contribution in [0.25, 0.3) is 5.69 Å². The lowest BCUT2D eigenvalue weighted by Gasteiger charge is -2.13. The third-order valence-electron chi connectivity index (χ3n) is 3.71. The average Bonchev–Trinajstić information content (AvgIpc) is 2.86. The standard InChI is InChI=1S/C18H26N4O/c1-4-5-6-9-12-19-18(23)20-16-10-7-8-11-17(16)22-15(3)13-14(2)21-22/h7-8,10-11,13H,4-6,9,12H2,1-3H3,(H2,19,20,23). The molecule has 2 amide bonds. The maximum absolute atomic E-state index is 12.1. The Bertz CT molecular complexity index is 648. The van der Waals surface area contributed by atoms with Crippen LogP contribution in [0.1, 0.15) is 44.0 Å². The van der Waals surface area contributed by atoms with E-state index < -0.39 is 0 Å². The van der Waals surface area contributed by atoms with Crippen molar-refractivity contribution in [1.29, 1.82) is 0 Å². The molecule has 0 unspecified atom stereocenters. The second-order valence-corrected chi connectivity index (χ2v) is 5.80. The van der Waals surface area contributed by atoms with Gasteiger partial charge in [0.05, 0.1) is 17.1 Å². The van der Waals surface area contributed by atoms with Gasteiger partial charge in [-0.1, -0.05) is 38.3 Å². The Labute approximate surface area is 138 Å². The SMILES string of the molecule is CCCCCCNC(=O)Nc1ccccc1-n1nc(C)cc1C. The number of benzene rings is 1. The Balaban J connectivity index is 2.01. The van der Waals surface area contributed by atoms with Crippen LogP contribution in [0, 0.1) is 13.8 Å². The van der Waals surface area contributed by atoms with Gasteiger partial charge in [0.25, 0.3) is 0 Å². The number of hydrogen-bond acceptors (Lipinski definition) is 2. The first-order valence-corrected chi connectivity index (χ1v) is 8.29. The summed E-state index contributed by atoms with van der Waals surface area (Å²) in [4.78, 5) is 12.1. The van der Waals surface area contributed by atoms with Gasteiger partial charge in [-0.05, 0) is 38.5 Å². The Kier molecular flexibility index (Phi) is 6.20. The maximum atomic E-state index is 12.1. The van der Waals surface area contributed by atoms with Crippen molar-refractivity contribution in [2.75, 3.05) is 11.9 Å². The fourth-order valence-corrected chi connectivity index (χ4v) is 2.56. The summed E-state index contributed by atoms with van der Waals surface area (Å²) in [7, 11) is 0. The van der Waals surface area contributed by atoms with Crippen molar-refractivity contribution in [2.24, 2.45) is 0 Å². The van der Waals surface area contributed by atoms with Crippen molar-refractivity contribution in [3.63, 3.8) is 0 Å². The Hall–Kier alpha value is -2.30. The highest BCUT2D eigenvalue weighted by Crippen LogP contribution is 2.21. The molecule has 0 fully saturated rings. The number of carbonyl (C=O) groups is 1. The summed E-state index contributed by atoms with van der Waals surface area (Å²) in [6.07, 6.45) is 4.58. The Morgan fingerprint density at radius 2 is 1.96 bits per heavy atom. The molecule has 5 nitrogen and oxygen atoms in total. The predicted molar refractivity (Wildman–Crippen MR) is 94.2 cm³/mol. The number of amides is 2. The van der Waals surface area contributed by atoms with Crippen LogP contribution >= 0.6 is 0 Å². The summed E-state index contributed by atoms with van der Waals surface area (Å²) >= 11 is 0. The van der Waals surface area contributed by atoms with E-state index in [4.69, 9.17) is 0 Å². The molecule has 124 valence electrons. The van der Waals surface area contributed by atoms with Crippen LogP contribution in [0.15, 0.2) is 30.3 Å². The first-order valence-electron chi connectivity index (χ1n) is 8.29. The summed E-state index contributed by atoms with van der Waals surface area (Å²) in [5, 5.41) is 10.3. The monoisotopic (exact) mass is 314 g/mol. The lowest BCUT2D eigenvalue weighted by atomic mass is 10.2. The van der Waals surface area contributed by atoms with Crippen LogP contribution in [0.4, 0.5) is 10.5 Å². The van der Waals surface area contributed by atoms with E-state index >= 15 is 0 Å². The molecule has 2 aromatic rings. The number of hydrogen-bond donors (Lipinski definition) is 2. The average molecular weight is 314 g/mol. The fourth-order valence-electron chi connectivity index (χ4n) is 2.56. The molecule has 1 aromatic heterocycles. The number of aryl methyl sites for hydroxylation is 2. The van der Waals surface area contributed by atoms with Gasteiger partial charge in [-0.3, -0.25) is 0 Å². The first-order chi connectivity index (χ1) is 11.1. The van der Waals surface area contributed by atoms with Crippen LogP contribution in [0.5, 0.6) is 0 Å². The van der Waals surface area contributed by atoms with Crippen molar-refractivity contribution in [3.05, 3.63) is 41.7 Å². The summed E-state index contributed by atoms with van der Waals surface area (Å²) in [6.45, 7) is 6.84. The van der Waals surface area contributed by atoms with Crippen molar-refractivity contribution >= 4 is 11.7 Å². The third kappa shape index (κ3) is 4.84. The van der Waals surface area contributed by atoms with Crippen molar-refractivity contribution in [3.8, 4) is 5.69 Å². The smallest absolute Gasteiger partial charge is 0.319 e. The summed E-state index contributed by atoms with van der Waals surface area (Å²) in [5.74, 6) is 0.